The van der Waals surface area contributed by atoms with Gasteiger partial charge in [-0.2, -0.15) is 0 Å². The summed E-state index contributed by atoms with van der Waals surface area (Å²) >= 11 is 1.69. The van der Waals surface area contributed by atoms with E-state index < -0.39 is 0 Å². The Labute approximate surface area is 75.9 Å². The first-order chi connectivity index (χ1) is 5.61. The molecule has 0 aliphatic carbocycles. The molecule has 0 aliphatic heterocycles. The molecule has 12 heavy (non-hydrogen) atoms. The molecule has 0 aliphatic rings. The van der Waals surface area contributed by atoms with Crippen LogP contribution in [0.3, 0.4) is 0 Å². The van der Waals surface area contributed by atoms with Crippen molar-refractivity contribution in [3.63, 3.8) is 0 Å². The second-order valence-electron chi connectivity index (χ2n) is 3.24. The predicted octanol–water partition coefficient (Wildman–Crippen LogP) is 1.76. The fourth-order valence-electron chi connectivity index (χ4n) is 0.798. The van der Waals surface area contributed by atoms with Crippen molar-refractivity contribution in [1.29, 1.82) is 0 Å². The van der Waals surface area contributed by atoms with Crippen LogP contribution in [-0.2, 0) is 0 Å². The molecule has 4 heteroatoms. The first-order valence-electron chi connectivity index (χ1n) is 4.01. The van der Waals surface area contributed by atoms with Crippen molar-refractivity contribution in [3.05, 3.63) is 15.9 Å². The number of hydrogen-bond acceptors (Lipinski definition) is 2. The van der Waals surface area contributed by atoms with Crippen LogP contribution >= 0.6 is 11.8 Å². The molecule has 0 atom stereocenters. The molecule has 0 aromatic carbocycles. The van der Waals surface area contributed by atoms with Gasteiger partial charge in [0.15, 0.2) is 0 Å². The van der Waals surface area contributed by atoms with Gasteiger partial charge in [-0.3, -0.25) is 15.0 Å². The Bertz CT molecular complexity index is 300. The molecule has 0 amide bonds. The Kier molecular flexibility index (Phi) is 3.03. The van der Waals surface area contributed by atoms with Crippen molar-refractivity contribution in [2.75, 3.05) is 5.75 Å². The van der Waals surface area contributed by atoms with Crippen molar-refractivity contribution < 1.29 is 0 Å². The minimum Gasteiger partial charge on any atom is -0.291 e. The second-order valence-corrected chi connectivity index (χ2v) is 4.27. The third-order valence-corrected chi connectivity index (χ3v) is 3.06. The number of rotatable bonds is 3. The molecule has 1 aromatic heterocycles. The average Bonchev–Trinajstić information content (AvgIpc) is 2.30. The Morgan fingerprint density at radius 2 is 2.08 bits per heavy atom. The summed E-state index contributed by atoms with van der Waals surface area (Å²) in [7, 11) is 0. The molecule has 0 spiro atoms. The van der Waals surface area contributed by atoms with Crippen LogP contribution < -0.4 is 5.56 Å². The van der Waals surface area contributed by atoms with Gasteiger partial charge in [0.05, 0.1) is 5.03 Å². The number of H-pyrrole nitrogens is 2. The summed E-state index contributed by atoms with van der Waals surface area (Å²) in [6.07, 6.45) is 0. The van der Waals surface area contributed by atoms with Crippen LogP contribution in [0.2, 0.25) is 0 Å². The van der Waals surface area contributed by atoms with Crippen LogP contribution in [0.1, 0.15) is 19.4 Å². The molecule has 1 heterocycles. The Morgan fingerprint density at radius 1 is 1.42 bits per heavy atom. The molecule has 0 fully saturated rings. The number of aromatic nitrogens is 2. The summed E-state index contributed by atoms with van der Waals surface area (Å²) in [5.74, 6) is 1.68. The van der Waals surface area contributed by atoms with Gasteiger partial charge in [0.25, 0.3) is 5.56 Å². The average molecular weight is 186 g/mol. The topological polar surface area (TPSA) is 48.6 Å². The first kappa shape index (κ1) is 9.45. The number of hydrogen-bond donors (Lipinski definition) is 2. The highest BCUT2D eigenvalue weighted by atomic mass is 32.2. The Hall–Kier alpha value is -0.640. The van der Waals surface area contributed by atoms with Gasteiger partial charge in [-0.25, -0.2) is 0 Å². The maximum atomic E-state index is 11.0. The van der Waals surface area contributed by atoms with Crippen LogP contribution in [0.15, 0.2) is 9.82 Å². The Balaban J connectivity index is 2.64. The lowest BCUT2D eigenvalue weighted by molar-refractivity contribution is 0.749. The molecular weight excluding hydrogens is 172 g/mol. The van der Waals surface area contributed by atoms with E-state index in [0.717, 1.165) is 16.3 Å². The third-order valence-electron chi connectivity index (χ3n) is 1.53. The van der Waals surface area contributed by atoms with E-state index in [4.69, 9.17) is 0 Å². The lowest BCUT2D eigenvalue weighted by atomic mass is 10.3. The highest BCUT2D eigenvalue weighted by Gasteiger charge is 2.05. The zero-order valence-corrected chi connectivity index (χ0v) is 8.42. The SMILES string of the molecule is Cc1c(SCC(C)C)[nH][nH]c1=O. The van der Waals surface area contributed by atoms with E-state index in [1.54, 1.807) is 11.8 Å². The minimum atomic E-state index is -0.0127. The third kappa shape index (κ3) is 2.17. The molecule has 1 aromatic rings. The zero-order valence-electron chi connectivity index (χ0n) is 7.60. The van der Waals surface area contributed by atoms with Crippen LogP contribution in [0, 0.1) is 12.8 Å². The van der Waals surface area contributed by atoms with Gasteiger partial charge in [0, 0.05) is 11.3 Å². The molecule has 3 nitrogen and oxygen atoms in total. The van der Waals surface area contributed by atoms with E-state index in [-0.39, 0.29) is 5.56 Å². The van der Waals surface area contributed by atoms with Gasteiger partial charge in [-0.05, 0) is 12.8 Å². The molecule has 0 saturated carbocycles. The lowest BCUT2D eigenvalue weighted by Gasteiger charge is -2.01. The molecule has 0 saturated heterocycles. The maximum absolute atomic E-state index is 11.0. The summed E-state index contributed by atoms with van der Waals surface area (Å²) in [5, 5.41) is 6.38. The second kappa shape index (κ2) is 3.85. The zero-order chi connectivity index (χ0) is 9.14. The summed E-state index contributed by atoms with van der Waals surface area (Å²) in [4.78, 5) is 11.0. The van der Waals surface area contributed by atoms with Gasteiger partial charge in [0.1, 0.15) is 0 Å². The quantitative estimate of drug-likeness (QED) is 0.707. The van der Waals surface area contributed by atoms with Crippen LogP contribution in [-0.4, -0.2) is 16.0 Å². The summed E-state index contributed by atoms with van der Waals surface area (Å²) in [6, 6.07) is 0. The highest BCUT2D eigenvalue weighted by molar-refractivity contribution is 7.99. The van der Waals surface area contributed by atoms with Crippen molar-refractivity contribution in [2.45, 2.75) is 25.8 Å². The van der Waals surface area contributed by atoms with E-state index in [9.17, 15) is 4.79 Å². The molecular formula is C8H14N2OS. The van der Waals surface area contributed by atoms with E-state index in [1.165, 1.54) is 0 Å². The molecule has 0 radical (unpaired) electrons. The van der Waals surface area contributed by atoms with E-state index in [2.05, 4.69) is 24.0 Å². The van der Waals surface area contributed by atoms with Crippen LogP contribution in [0.5, 0.6) is 0 Å². The first-order valence-corrected chi connectivity index (χ1v) is 5.00. The Morgan fingerprint density at radius 3 is 2.50 bits per heavy atom. The van der Waals surface area contributed by atoms with Crippen molar-refractivity contribution in [2.24, 2.45) is 5.92 Å². The van der Waals surface area contributed by atoms with E-state index in [0.29, 0.717) is 5.92 Å². The van der Waals surface area contributed by atoms with E-state index in [1.807, 2.05) is 6.92 Å². The summed E-state index contributed by atoms with van der Waals surface area (Å²) in [5.41, 5.74) is 0.780. The fraction of sp³-hybridized carbons (Fsp3) is 0.625. The minimum absolute atomic E-state index is 0.0127. The molecule has 1 rings (SSSR count). The van der Waals surface area contributed by atoms with Crippen LogP contribution in [0.25, 0.3) is 0 Å². The number of thioether (sulfide) groups is 1. The molecule has 2 N–H and O–H groups in total. The standard InChI is InChI=1S/C8H14N2OS/c1-5(2)4-12-8-6(3)7(11)9-10-8/h5H,4H2,1-3H3,(H2,9,10,11). The van der Waals surface area contributed by atoms with Gasteiger partial charge in [0.2, 0.25) is 0 Å². The normalized spacial score (nSPS) is 11.0. The molecule has 0 unspecified atom stereocenters. The summed E-state index contributed by atoms with van der Waals surface area (Å²) in [6.45, 7) is 6.15. The van der Waals surface area contributed by atoms with Crippen molar-refractivity contribution in [3.8, 4) is 0 Å². The number of aromatic amines is 2. The highest BCUT2D eigenvalue weighted by Crippen LogP contribution is 2.18. The van der Waals surface area contributed by atoms with Gasteiger partial charge in [-0.1, -0.05) is 13.8 Å². The van der Waals surface area contributed by atoms with Gasteiger partial charge in [-0.15, -0.1) is 11.8 Å². The maximum Gasteiger partial charge on any atom is 0.267 e. The lowest BCUT2D eigenvalue weighted by Crippen LogP contribution is -2.00. The van der Waals surface area contributed by atoms with Gasteiger partial charge < -0.3 is 0 Å². The number of nitrogens with one attached hydrogen (secondary N) is 2. The van der Waals surface area contributed by atoms with Crippen molar-refractivity contribution in [1.82, 2.24) is 10.2 Å². The monoisotopic (exact) mass is 186 g/mol. The van der Waals surface area contributed by atoms with Gasteiger partial charge >= 0.3 is 0 Å². The smallest absolute Gasteiger partial charge is 0.267 e. The molecule has 68 valence electrons. The fourth-order valence-corrected chi connectivity index (χ4v) is 1.73. The predicted molar refractivity (Wildman–Crippen MR) is 51.7 cm³/mol. The van der Waals surface area contributed by atoms with E-state index >= 15 is 0 Å². The summed E-state index contributed by atoms with van der Waals surface area (Å²) < 4.78 is 0. The molecule has 0 bridgehead atoms. The largest absolute Gasteiger partial charge is 0.291 e. The van der Waals surface area contributed by atoms with Crippen molar-refractivity contribution >= 4 is 11.8 Å². The van der Waals surface area contributed by atoms with Crippen LogP contribution in [0.4, 0.5) is 0 Å².